The lowest BCUT2D eigenvalue weighted by Crippen LogP contribution is -2.18. The molecule has 0 radical (unpaired) electrons. The zero-order chi connectivity index (χ0) is 8.43. The van der Waals surface area contributed by atoms with E-state index in [0.717, 1.165) is 11.6 Å². The van der Waals surface area contributed by atoms with Crippen LogP contribution in [-0.2, 0) is 0 Å². The number of aromatic nitrogens is 3. The van der Waals surface area contributed by atoms with Crippen LogP contribution in [0, 0.1) is 13.8 Å². The smallest absolute Gasteiger partial charge is 0.147 e. The van der Waals surface area contributed by atoms with Gasteiger partial charge in [0.25, 0.3) is 0 Å². The standard InChI is InChI=1S/C7H14N4/c1-5(4-8)11-7(3)9-6(2)10-11/h5H,4,8H2,1-3H3. The monoisotopic (exact) mass is 154 g/mol. The molecule has 1 unspecified atom stereocenters. The summed E-state index contributed by atoms with van der Waals surface area (Å²) >= 11 is 0. The van der Waals surface area contributed by atoms with Crippen molar-refractivity contribution < 1.29 is 0 Å². The summed E-state index contributed by atoms with van der Waals surface area (Å²) in [6.45, 7) is 6.45. The summed E-state index contributed by atoms with van der Waals surface area (Å²) in [5, 5.41) is 4.21. The van der Waals surface area contributed by atoms with Crippen molar-refractivity contribution in [3.8, 4) is 0 Å². The maximum absolute atomic E-state index is 5.49. The normalized spacial score (nSPS) is 13.5. The Morgan fingerprint density at radius 2 is 2.18 bits per heavy atom. The van der Waals surface area contributed by atoms with E-state index in [0.29, 0.717) is 6.54 Å². The molecule has 0 amide bonds. The van der Waals surface area contributed by atoms with E-state index < -0.39 is 0 Å². The third kappa shape index (κ3) is 1.57. The molecule has 1 atom stereocenters. The van der Waals surface area contributed by atoms with Gasteiger partial charge in [-0.1, -0.05) is 0 Å². The van der Waals surface area contributed by atoms with E-state index in [2.05, 4.69) is 10.1 Å². The maximum Gasteiger partial charge on any atom is 0.147 e. The van der Waals surface area contributed by atoms with Crippen molar-refractivity contribution in [1.29, 1.82) is 0 Å². The molecule has 2 N–H and O–H groups in total. The van der Waals surface area contributed by atoms with Crippen LogP contribution in [-0.4, -0.2) is 21.3 Å². The number of nitrogens with zero attached hydrogens (tertiary/aromatic N) is 3. The van der Waals surface area contributed by atoms with Crippen LogP contribution in [0.3, 0.4) is 0 Å². The molecular weight excluding hydrogens is 140 g/mol. The summed E-state index contributed by atoms with van der Waals surface area (Å²) in [5.74, 6) is 1.74. The van der Waals surface area contributed by atoms with Crippen molar-refractivity contribution in [3.63, 3.8) is 0 Å². The van der Waals surface area contributed by atoms with Gasteiger partial charge in [0.05, 0.1) is 6.04 Å². The Hall–Kier alpha value is -0.900. The van der Waals surface area contributed by atoms with Crippen molar-refractivity contribution in [1.82, 2.24) is 14.8 Å². The molecule has 0 spiro atoms. The van der Waals surface area contributed by atoms with Gasteiger partial charge in [0.2, 0.25) is 0 Å². The van der Waals surface area contributed by atoms with Gasteiger partial charge in [-0.3, -0.25) is 0 Å². The summed E-state index contributed by atoms with van der Waals surface area (Å²) < 4.78 is 1.86. The molecule has 1 aromatic heterocycles. The number of hydrogen-bond donors (Lipinski definition) is 1. The van der Waals surface area contributed by atoms with Gasteiger partial charge in [-0.05, 0) is 20.8 Å². The largest absolute Gasteiger partial charge is 0.328 e. The molecule has 62 valence electrons. The molecular formula is C7H14N4. The lowest BCUT2D eigenvalue weighted by molar-refractivity contribution is 0.485. The first-order valence-electron chi connectivity index (χ1n) is 3.75. The molecule has 0 fully saturated rings. The Balaban J connectivity index is 2.93. The molecule has 0 saturated carbocycles. The third-order valence-electron chi connectivity index (χ3n) is 1.67. The van der Waals surface area contributed by atoms with E-state index in [1.54, 1.807) is 0 Å². The van der Waals surface area contributed by atoms with Gasteiger partial charge in [0.15, 0.2) is 0 Å². The minimum atomic E-state index is 0.246. The zero-order valence-electron chi connectivity index (χ0n) is 7.20. The molecule has 11 heavy (non-hydrogen) atoms. The molecule has 1 heterocycles. The highest BCUT2D eigenvalue weighted by Crippen LogP contribution is 2.04. The van der Waals surface area contributed by atoms with Gasteiger partial charge in [-0.15, -0.1) is 0 Å². The predicted molar refractivity (Wildman–Crippen MR) is 43.3 cm³/mol. The van der Waals surface area contributed by atoms with E-state index in [-0.39, 0.29) is 6.04 Å². The number of hydrogen-bond acceptors (Lipinski definition) is 3. The highest BCUT2D eigenvalue weighted by Gasteiger charge is 2.07. The number of rotatable bonds is 2. The van der Waals surface area contributed by atoms with Crippen molar-refractivity contribution in [2.24, 2.45) is 5.73 Å². The van der Waals surface area contributed by atoms with E-state index in [1.165, 1.54) is 0 Å². The Morgan fingerprint density at radius 3 is 2.55 bits per heavy atom. The summed E-state index contributed by atoms with van der Waals surface area (Å²) in [4.78, 5) is 4.18. The first-order valence-corrected chi connectivity index (χ1v) is 3.75. The summed E-state index contributed by atoms with van der Waals surface area (Å²) in [7, 11) is 0. The molecule has 0 aliphatic carbocycles. The SMILES string of the molecule is Cc1nc(C)n(C(C)CN)n1. The minimum absolute atomic E-state index is 0.246. The van der Waals surface area contributed by atoms with Crippen molar-refractivity contribution in [3.05, 3.63) is 11.6 Å². The molecule has 4 heteroatoms. The Kier molecular flexibility index (Phi) is 2.24. The molecule has 0 aliphatic heterocycles. The lowest BCUT2D eigenvalue weighted by Gasteiger charge is -2.09. The second-order valence-corrected chi connectivity index (χ2v) is 2.74. The summed E-state index contributed by atoms with van der Waals surface area (Å²) in [6.07, 6.45) is 0. The number of nitrogens with two attached hydrogens (primary N) is 1. The molecule has 0 aliphatic rings. The fourth-order valence-electron chi connectivity index (χ4n) is 1.05. The van der Waals surface area contributed by atoms with Gasteiger partial charge >= 0.3 is 0 Å². The second-order valence-electron chi connectivity index (χ2n) is 2.74. The van der Waals surface area contributed by atoms with E-state index in [1.807, 2.05) is 25.5 Å². The molecule has 1 aromatic rings. The zero-order valence-corrected chi connectivity index (χ0v) is 7.20. The Labute approximate surface area is 66.4 Å². The Morgan fingerprint density at radius 1 is 1.55 bits per heavy atom. The van der Waals surface area contributed by atoms with E-state index in [4.69, 9.17) is 5.73 Å². The molecule has 0 aromatic carbocycles. The predicted octanol–water partition coefficient (Wildman–Crippen LogP) is 0.415. The highest BCUT2D eigenvalue weighted by atomic mass is 15.4. The molecule has 1 rings (SSSR count). The van der Waals surface area contributed by atoms with Crippen LogP contribution in [0.5, 0.6) is 0 Å². The summed E-state index contributed by atoms with van der Waals surface area (Å²) in [6, 6.07) is 0.246. The first kappa shape index (κ1) is 8.20. The Bertz CT molecular complexity index is 241. The maximum atomic E-state index is 5.49. The van der Waals surface area contributed by atoms with Crippen LogP contribution in [0.25, 0.3) is 0 Å². The van der Waals surface area contributed by atoms with Crippen LogP contribution >= 0.6 is 0 Å². The number of aryl methyl sites for hydroxylation is 2. The third-order valence-corrected chi connectivity index (χ3v) is 1.67. The van der Waals surface area contributed by atoms with Crippen LogP contribution < -0.4 is 5.73 Å². The van der Waals surface area contributed by atoms with E-state index >= 15 is 0 Å². The molecule has 4 nitrogen and oxygen atoms in total. The van der Waals surface area contributed by atoms with Gasteiger partial charge in [0.1, 0.15) is 11.6 Å². The highest BCUT2D eigenvalue weighted by molar-refractivity contribution is 4.89. The average Bonchev–Trinajstić information content (AvgIpc) is 2.28. The van der Waals surface area contributed by atoms with Gasteiger partial charge in [-0.2, -0.15) is 5.10 Å². The topological polar surface area (TPSA) is 56.7 Å². The fourth-order valence-corrected chi connectivity index (χ4v) is 1.05. The average molecular weight is 154 g/mol. The van der Waals surface area contributed by atoms with E-state index in [9.17, 15) is 0 Å². The minimum Gasteiger partial charge on any atom is -0.328 e. The van der Waals surface area contributed by atoms with Crippen molar-refractivity contribution >= 4 is 0 Å². The second kappa shape index (κ2) is 3.00. The lowest BCUT2D eigenvalue weighted by atomic mass is 10.3. The van der Waals surface area contributed by atoms with Gasteiger partial charge in [-0.25, -0.2) is 9.67 Å². The van der Waals surface area contributed by atoms with Gasteiger partial charge in [0, 0.05) is 6.54 Å². The molecule has 0 saturated heterocycles. The first-order chi connectivity index (χ1) is 5.15. The van der Waals surface area contributed by atoms with Crippen LogP contribution in [0.2, 0.25) is 0 Å². The van der Waals surface area contributed by atoms with Crippen molar-refractivity contribution in [2.75, 3.05) is 6.54 Å². The molecule has 0 bridgehead atoms. The van der Waals surface area contributed by atoms with Gasteiger partial charge < -0.3 is 5.73 Å². The quantitative estimate of drug-likeness (QED) is 0.671. The van der Waals surface area contributed by atoms with Crippen LogP contribution in [0.1, 0.15) is 24.6 Å². The van der Waals surface area contributed by atoms with Crippen LogP contribution in [0.15, 0.2) is 0 Å². The van der Waals surface area contributed by atoms with Crippen molar-refractivity contribution in [2.45, 2.75) is 26.8 Å². The summed E-state index contributed by atoms with van der Waals surface area (Å²) in [5.41, 5.74) is 5.49. The fraction of sp³-hybridized carbons (Fsp3) is 0.714. The van der Waals surface area contributed by atoms with Crippen LogP contribution in [0.4, 0.5) is 0 Å².